The van der Waals surface area contributed by atoms with Crippen LogP contribution in [0.5, 0.6) is 0 Å². The lowest BCUT2D eigenvalue weighted by molar-refractivity contribution is -0.196. The molecule has 4 atom stereocenters. The highest BCUT2D eigenvalue weighted by Crippen LogP contribution is 2.43. The van der Waals surface area contributed by atoms with Crippen molar-refractivity contribution in [3.05, 3.63) is 12.7 Å². The SMILES string of the molecule is CC1(C)OC2C(C(N)=O)OC(n3cnc4c(N)ncnc43)C2O1.CO. The van der Waals surface area contributed by atoms with E-state index in [2.05, 4.69) is 15.0 Å². The maximum Gasteiger partial charge on any atom is 0.249 e. The smallest absolute Gasteiger partial charge is 0.249 e. The quantitative estimate of drug-likeness (QED) is 0.610. The minimum Gasteiger partial charge on any atom is -0.400 e. The molecule has 11 nitrogen and oxygen atoms in total. The molecule has 0 spiro atoms. The first-order valence-corrected chi connectivity index (χ1v) is 7.55. The summed E-state index contributed by atoms with van der Waals surface area (Å²) in [5.41, 5.74) is 12.2. The minimum atomic E-state index is -0.914. The van der Waals surface area contributed by atoms with Crippen LogP contribution in [0.15, 0.2) is 12.7 Å². The van der Waals surface area contributed by atoms with Gasteiger partial charge in [0.25, 0.3) is 0 Å². The number of anilines is 1. The van der Waals surface area contributed by atoms with Crippen LogP contribution >= 0.6 is 0 Å². The number of nitrogens with two attached hydrogens (primary N) is 2. The lowest BCUT2D eigenvalue weighted by Crippen LogP contribution is -2.39. The van der Waals surface area contributed by atoms with Crippen molar-refractivity contribution < 1.29 is 24.1 Å². The Kier molecular flexibility index (Phi) is 4.33. The fourth-order valence-corrected chi connectivity index (χ4v) is 3.09. The molecule has 2 aromatic heterocycles. The molecule has 0 aliphatic carbocycles. The molecule has 136 valence electrons. The standard InChI is InChI=1S/C13H16N6O4.CH4O/c1-13(2)22-6-7(10(15)20)21-12(8(6)23-13)19-4-18-5-9(14)16-3-17-11(5)19;1-2/h3-4,6-8,12H,1-2H3,(H2,15,20)(H2,14,16,17);2H,1H3. The third-order valence-corrected chi connectivity index (χ3v) is 3.97. The van der Waals surface area contributed by atoms with Gasteiger partial charge in [0.05, 0.1) is 6.33 Å². The first kappa shape index (κ1) is 17.5. The number of amides is 1. The monoisotopic (exact) mass is 352 g/mol. The van der Waals surface area contributed by atoms with Gasteiger partial charge in [0.15, 0.2) is 29.6 Å². The lowest BCUT2D eigenvalue weighted by Gasteiger charge is -2.23. The molecule has 0 aromatic carbocycles. The van der Waals surface area contributed by atoms with E-state index in [-0.39, 0.29) is 5.82 Å². The second kappa shape index (κ2) is 6.19. The molecule has 0 saturated carbocycles. The molecule has 1 amide bonds. The van der Waals surface area contributed by atoms with Gasteiger partial charge in [-0.15, -0.1) is 0 Å². The van der Waals surface area contributed by atoms with E-state index in [0.717, 1.165) is 7.11 Å². The Morgan fingerprint density at radius 3 is 2.60 bits per heavy atom. The number of imidazole rings is 1. The molecule has 2 aliphatic heterocycles. The average Bonchev–Trinajstić information content (AvgIpc) is 3.20. The number of fused-ring (bicyclic) bond motifs is 2. The Morgan fingerprint density at radius 1 is 1.24 bits per heavy atom. The summed E-state index contributed by atoms with van der Waals surface area (Å²) in [6.07, 6.45) is 0.182. The van der Waals surface area contributed by atoms with Gasteiger partial charge in [-0.25, -0.2) is 15.0 Å². The first-order chi connectivity index (χ1) is 11.9. The Morgan fingerprint density at radius 2 is 1.92 bits per heavy atom. The van der Waals surface area contributed by atoms with Crippen molar-refractivity contribution in [2.24, 2.45) is 5.73 Å². The molecule has 11 heteroatoms. The molecule has 2 aliphatic rings. The van der Waals surface area contributed by atoms with E-state index >= 15 is 0 Å². The molecule has 4 unspecified atom stereocenters. The molecule has 4 heterocycles. The van der Waals surface area contributed by atoms with Crippen molar-refractivity contribution in [1.82, 2.24) is 19.5 Å². The molecular formula is C14H20N6O5. The van der Waals surface area contributed by atoms with Gasteiger partial charge in [-0.3, -0.25) is 9.36 Å². The summed E-state index contributed by atoms with van der Waals surface area (Å²) in [5.74, 6) is -1.18. The summed E-state index contributed by atoms with van der Waals surface area (Å²) < 4.78 is 19.1. The summed E-state index contributed by atoms with van der Waals surface area (Å²) in [5, 5.41) is 7.00. The van der Waals surface area contributed by atoms with Gasteiger partial charge in [0.2, 0.25) is 5.91 Å². The number of carbonyl (C=O) groups excluding carboxylic acids is 1. The Bertz CT molecular complexity index is 793. The zero-order chi connectivity index (χ0) is 18.4. The van der Waals surface area contributed by atoms with Gasteiger partial charge in [0, 0.05) is 7.11 Å². The van der Waals surface area contributed by atoms with E-state index in [1.165, 1.54) is 12.7 Å². The van der Waals surface area contributed by atoms with E-state index in [1.807, 2.05) is 0 Å². The summed E-state index contributed by atoms with van der Waals surface area (Å²) in [6.45, 7) is 3.54. The zero-order valence-electron chi connectivity index (χ0n) is 14.0. The van der Waals surface area contributed by atoms with Crippen molar-refractivity contribution >= 4 is 22.9 Å². The third-order valence-electron chi connectivity index (χ3n) is 3.97. The van der Waals surface area contributed by atoms with Crippen LogP contribution in [0.4, 0.5) is 5.82 Å². The number of carbonyl (C=O) groups is 1. The summed E-state index contributed by atoms with van der Waals surface area (Å²) in [4.78, 5) is 24.0. The Labute approximate surface area is 142 Å². The predicted molar refractivity (Wildman–Crippen MR) is 84.8 cm³/mol. The van der Waals surface area contributed by atoms with Gasteiger partial charge in [-0.1, -0.05) is 0 Å². The number of hydrogen-bond donors (Lipinski definition) is 3. The number of aliphatic hydroxyl groups is 1. The number of aliphatic hydroxyl groups excluding tert-OH is 1. The summed E-state index contributed by atoms with van der Waals surface area (Å²) in [6, 6.07) is 0. The summed E-state index contributed by atoms with van der Waals surface area (Å²) >= 11 is 0. The number of hydrogen-bond acceptors (Lipinski definition) is 9. The van der Waals surface area contributed by atoms with Crippen LogP contribution in [0.3, 0.4) is 0 Å². The molecule has 2 saturated heterocycles. The van der Waals surface area contributed by atoms with Gasteiger partial charge in [-0.2, -0.15) is 0 Å². The highest BCUT2D eigenvalue weighted by molar-refractivity contribution is 5.82. The number of primary amides is 1. The largest absolute Gasteiger partial charge is 0.400 e. The number of nitrogens with zero attached hydrogens (tertiary/aromatic N) is 4. The zero-order valence-corrected chi connectivity index (χ0v) is 14.0. The van der Waals surface area contributed by atoms with E-state index in [0.29, 0.717) is 11.2 Å². The number of aromatic nitrogens is 4. The number of nitrogen functional groups attached to an aromatic ring is 1. The van der Waals surface area contributed by atoms with Crippen molar-refractivity contribution in [2.45, 2.75) is 44.2 Å². The maximum atomic E-state index is 11.7. The molecule has 0 radical (unpaired) electrons. The fourth-order valence-electron chi connectivity index (χ4n) is 3.09. The molecular weight excluding hydrogens is 332 g/mol. The van der Waals surface area contributed by atoms with Crippen molar-refractivity contribution in [1.29, 1.82) is 0 Å². The van der Waals surface area contributed by atoms with Crippen LogP contribution in [-0.4, -0.2) is 61.7 Å². The normalized spacial score (nSPS) is 29.9. The van der Waals surface area contributed by atoms with Gasteiger partial charge in [-0.05, 0) is 13.8 Å². The van der Waals surface area contributed by atoms with Crippen molar-refractivity contribution in [3.63, 3.8) is 0 Å². The minimum absolute atomic E-state index is 0.263. The van der Waals surface area contributed by atoms with Crippen LogP contribution in [-0.2, 0) is 19.0 Å². The van der Waals surface area contributed by atoms with E-state index < -0.39 is 36.2 Å². The van der Waals surface area contributed by atoms with Gasteiger partial charge < -0.3 is 30.8 Å². The highest BCUT2D eigenvalue weighted by atomic mass is 16.8. The maximum absolute atomic E-state index is 11.7. The lowest BCUT2D eigenvalue weighted by atomic mass is 10.1. The highest BCUT2D eigenvalue weighted by Gasteiger charge is 2.57. The van der Waals surface area contributed by atoms with Crippen LogP contribution in [0.25, 0.3) is 11.2 Å². The first-order valence-electron chi connectivity index (χ1n) is 7.55. The molecule has 2 aromatic rings. The van der Waals surface area contributed by atoms with Crippen LogP contribution in [0.1, 0.15) is 20.1 Å². The molecule has 4 rings (SSSR count). The van der Waals surface area contributed by atoms with E-state index in [1.54, 1.807) is 18.4 Å². The molecule has 25 heavy (non-hydrogen) atoms. The number of rotatable bonds is 2. The Hall–Kier alpha value is -2.34. The molecule has 0 bridgehead atoms. The fraction of sp³-hybridized carbons (Fsp3) is 0.571. The van der Waals surface area contributed by atoms with Crippen molar-refractivity contribution in [2.75, 3.05) is 12.8 Å². The summed E-state index contributed by atoms with van der Waals surface area (Å²) in [7, 11) is 1.00. The van der Waals surface area contributed by atoms with E-state index in [9.17, 15) is 4.79 Å². The van der Waals surface area contributed by atoms with Crippen LogP contribution in [0, 0.1) is 0 Å². The van der Waals surface area contributed by atoms with Crippen LogP contribution < -0.4 is 11.5 Å². The second-order valence-corrected chi connectivity index (χ2v) is 6.00. The topological polar surface area (TPSA) is 161 Å². The van der Waals surface area contributed by atoms with Gasteiger partial charge >= 0.3 is 0 Å². The second-order valence-electron chi connectivity index (χ2n) is 6.00. The van der Waals surface area contributed by atoms with E-state index in [4.69, 9.17) is 30.8 Å². The molecule has 5 N–H and O–H groups in total. The predicted octanol–water partition coefficient (Wildman–Crippen LogP) is -1.08. The average molecular weight is 352 g/mol. The van der Waals surface area contributed by atoms with Gasteiger partial charge in [0.1, 0.15) is 24.1 Å². The molecule has 2 fully saturated rings. The third kappa shape index (κ3) is 2.80. The van der Waals surface area contributed by atoms with Crippen molar-refractivity contribution in [3.8, 4) is 0 Å². The number of ether oxygens (including phenoxy) is 3. The van der Waals surface area contributed by atoms with Crippen LogP contribution in [0.2, 0.25) is 0 Å². The Balaban J connectivity index is 0.000000880.